The van der Waals surface area contributed by atoms with Crippen LogP contribution >= 0.6 is 0 Å². The summed E-state index contributed by atoms with van der Waals surface area (Å²) in [5.41, 5.74) is 4.23. The van der Waals surface area contributed by atoms with Gasteiger partial charge in [0.1, 0.15) is 11.6 Å². The first-order chi connectivity index (χ1) is 20.6. The number of nitrogens with zero attached hydrogens (tertiary/aromatic N) is 5. The molecule has 4 aromatic heterocycles. The molecule has 1 aliphatic rings. The van der Waals surface area contributed by atoms with Crippen LogP contribution in [0.15, 0.2) is 85.6 Å². The molecule has 6 rings (SSSR count). The van der Waals surface area contributed by atoms with E-state index in [1.807, 2.05) is 12.1 Å². The van der Waals surface area contributed by atoms with Crippen molar-refractivity contribution in [3.63, 3.8) is 0 Å². The largest absolute Gasteiger partial charge is 0.351 e. The lowest BCUT2D eigenvalue weighted by Crippen LogP contribution is -2.39. The molecule has 5 aromatic rings. The van der Waals surface area contributed by atoms with Crippen molar-refractivity contribution in [1.29, 1.82) is 0 Å². The number of hydrogen-bond donors (Lipinski definition) is 3. The summed E-state index contributed by atoms with van der Waals surface area (Å²) in [4.78, 5) is 37.8. The molecule has 0 radical (unpaired) electrons. The van der Waals surface area contributed by atoms with E-state index in [-0.39, 0.29) is 24.9 Å². The number of hydrogen-bond acceptors (Lipinski definition) is 9. The molecule has 0 spiro atoms. The number of ether oxygens (including phenoxy) is 2. The molecule has 3 N–H and O–H groups in total. The molecule has 1 fully saturated rings. The van der Waals surface area contributed by atoms with E-state index in [4.69, 9.17) is 19.4 Å². The van der Waals surface area contributed by atoms with Crippen molar-refractivity contribution in [2.45, 2.75) is 19.3 Å². The summed E-state index contributed by atoms with van der Waals surface area (Å²) in [7, 11) is 0. The molecule has 12 heteroatoms. The smallest absolute Gasteiger partial charge is 0.232 e. The van der Waals surface area contributed by atoms with Crippen LogP contribution in [0.3, 0.4) is 0 Å². The summed E-state index contributed by atoms with van der Waals surface area (Å²) in [5.74, 6) is 0.0456. The van der Waals surface area contributed by atoms with E-state index in [1.54, 1.807) is 61.3 Å². The van der Waals surface area contributed by atoms with Crippen molar-refractivity contribution >= 4 is 17.5 Å². The average Bonchev–Trinajstić information content (AvgIpc) is 3.45. The Morgan fingerprint density at radius 2 is 1.76 bits per heavy atom. The van der Waals surface area contributed by atoms with Crippen LogP contribution in [0.4, 0.5) is 16.0 Å². The van der Waals surface area contributed by atoms with Crippen LogP contribution in [-0.2, 0) is 27.2 Å². The van der Waals surface area contributed by atoms with Gasteiger partial charge in [-0.2, -0.15) is 0 Å². The Kier molecular flexibility index (Phi) is 8.15. The standard InChI is InChI=1S/C30H27FN8O3/c31-22-5-3-20(4-6-22)27-28(24-9-13-34-30(37-24)35-15-19-7-11-32-12-8-19)39-25(38-27)14-26-41-17-21(18-42-26)29(40)36-23-2-1-10-33-16-23/h1-13,16,21,26H,14-15,17-18H2,(H,36,40)(H,38,39)(H,34,35,37). The highest BCUT2D eigenvalue weighted by molar-refractivity contribution is 5.92. The fraction of sp³-hybridized carbons (Fsp3) is 0.200. The number of aromatic nitrogens is 6. The van der Waals surface area contributed by atoms with Crippen LogP contribution < -0.4 is 10.6 Å². The zero-order valence-electron chi connectivity index (χ0n) is 22.4. The summed E-state index contributed by atoms with van der Waals surface area (Å²) in [6, 6.07) is 15.2. The maximum Gasteiger partial charge on any atom is 0.232 e. The van der Waals surface area contributed by atoms with Crippen molar-refractivity contribution < 1.29 is 18.7 Å². The lowest BCUT2D eigenvalue weighted by atomic mass is 10.1. The van der Waals surface area contributed by atoms with Crippen molar-refractivity contribution in [1.82, 2.24) is 29.9 Å². The lowest BCUT2D eigenvalue weighted by Gasteiger charge is -2.28. The Balaban J connectivity index is 1.17. The maximum absolute atomic E-state index is 13.7. The van der Waals surface area contributed by atoms with Crippen LogP contribution in [0.2, 0.25) is 0 Å². The second-order valence-corrected chi connectivity index (χ2v) is 9.62. The predicted molar refractivity (Wildman–Crippen MR) is 152 cm³/mol. The summed E-state index contributed by atoms with van der Waals surface area (Å²) in [5, 5.41) is 6.05. The molecule has 0 aliphatic carbocycles. The van der Waals surface area contributed by atoms with Crippen LogP contribution in [0.1, 0.15) is 11.4 Å². The van der Waals surface area contributed by atoms with Gasteiger partial charge in [-0.25, -0.2) is 19.3 Å². The van der Waals surface area contributed by atoms with E-state index >= 15 is 0 Å². The summed E-state index contributed by atoms with van der Waals surface area (Å²) < 4.78 is 25.5. The molecule has 1 saturated heterocycles. The molecule has 1 aliphatic heterocycles. The SMILES string of the molecule is O=C(Nc1cccnc1)C1COC(Cc2nc(-c3ccc(F)cc3)c(-c3ccnc(NCc4ccncc4)n3)[nH]2)OC1. The highest BCUT2D eigenvalue weighted by Crippen LogP contribution is 2.30. The van der Waals surface area contributed by atoms with Crippen molar-refractivity contribution in [3.8, 4) is 22.6 Å². The number of benzene rings is 1. The van der Waals surface area contributed by atoms with Gasteiger partial charge in [0.25, 0.3) is 0 Å². The lowest BCUT2D eigenvalue weighted by molar-refractivity contribution is -0.199. The van der Waals surface area contributed by atoms with Gasteiger partial charge in [0.15, 0.2) is 6.29 Å². The highest BCUT2D eigenvalue weighted by atomic mass is 19.1. The first-order valence-electron chi connectivity index (χ1n) is 13.4. The number of halogens is 1. The molecule has 42 heavy (non-hydrogen) atoms. The molecule has 0 saturated carbocycles. The molecule has 0 unspecified atom stereocenters. The maximum atomic E-state index is 13.7. The molecule has 0 bridgehead atoms. The third-order valence-electron chi connectivity index (χ3n) is 6.61. The molecule has 212 valence electrons. The summed E-state index contributed by atoms with van der Waals surface area (Å²) in [6.45, 7) is 0.934. The predicted octanol–water partition coefficient (Wildman–Crippen LogP) is 4.25. The van der Waals surface area contributed by atoms with Gasteiger partial charge in [-0.05, 0) is 60.2 Å². The van der Waals surface area contributed by atoms with Gasteiger partial charge in [-0.15, -0.1) is 0 Å². The number of pyridine rings is 2. The Hall–Kier alpha value is -5.07. The van der Waals surface area contributed by atoms with E-state index in [2.05, 4.69) is 30.6 Å². The Morgan fingerprint density at radius 1 is 0.952 bits per heavy atom. The van der Waals surface area contributed by atoms with Gasteiger partial charge in [0.05, 0.1) is 54.5 Å². The normalized spacial score (nSPS) is 16.6. The van der Waals surface area contributed by atoms with Crippen LogP contribution in [0, 0.1) is 11.7 Å². The third-order valence-corrected chi connectivity index (χ3v) is 6.61. The quantitative estimate of drug-likeness (QED) is 0.239. The zero-order valence-corrected chi connectivity index (χ0v) is 22.4. The van der Waals surface area contributed by atoms with Crippen LogP contribution in [-0.4, -0.2) is 55.3 Å². The van der Waals surface area contributed by atoms with Gasteiger partial charge in [0, 0.05) is 36.9 Å². The Labute approximate surface area is 240 Å². The number of nitrogens with one attached hydrogen (secondary N) is 3. The van der Waals surface area contributed by atoms with E-state index < -0.39 is 12.2 Å². The molecular weight excluding hydrogens is 539 g/mol. The number of H-pyrrole nitrogens is 1. The van der Waals surface area contributed by atoms with Crippen molar-refractivity contribution in [3.05, 3.63) is 103 Å². The summed E-state index contributed by atoms with van der Waals surface area (Å²) in [6.07, 6.45) is 8.05. The average molecular weight is 567 g/mol. The van der Waals surface area contributed by atoms with E-state index in [0.29, 0.717) is 47.5 Å². The van der Waals surface area contributed by atoms with Gasteiger partial charge in [0.2, 0.25) is 11.9 Å². The number of anilines is 2. The minimum atomic E-state index is -0.601. The Morgan fingerprint density at radius 3 is 2.52 bits per heavy atom. The van der Waals surface area contributed by atoms with E-state index in [9.17, 15) is 9.18 Å². The third kappa shape index (κ3) is 6.62. The number of amides is 1. The highest BCUT2D eigenvalue weighted by Gasteiger charge is 2.29. The fourth-order valence-electron chi connectivity index (χ4n) is 4.44. The number of carbonyl (C=O) groups excluding carboxylic acids is 1. The number of imidazole rings is 1. The fourth-order valence-corrected chi connectivity index (χ4v) is 4.44. The molecule has 11 nitrogen and oxygen atoms in total. The second-order valence-electron chi connectivity index (χ2n) is 9.62. The van der Waals surface area contributed by atoms with E-state index in [1.165, 1.54) is 12.1 Å². The molecule has 1 aromatic carbocycles. The van der Waals surface area contributed by atoms with Gasteiger partial charge < -0.3 is 25.1 Å². The Bertz CT molecular complexity index is 1630. The monoisotopic (exact) mass is 566 g/mol. The molecule has 0 atom stereocenters. The van der Waals surface area contributed by atoms with Crippen LogP contribution in [0.5, 0.6) is 0 Å². The van der Waals surface area contributed by atoms with Gasteiger partial charge in [-0.1, -0.05) is 0 Å². The van der Waals surface area contributed by atoms with Gasteiger partial charge >= 0.3 is 0 Å². The second kappa shape index (κ2) is 12.6. The van der Waals surface area contributed by atoms with Crippen molar-refractivity contribution in [2.75, 3.05) is 23.8 Å². The van der Waals surface area contributed by atoms with Gasteiger partial charge in [-0.3, -0.25) is 14.8 Å². The first-order valence-corrected chi connectivity index (χ1v) is 13.4. The topological polar surface area (TPSA) is 140 Å². The minimum Gasteiger partial charge on any atom is -0.351 e. The molecule has 1 amide bonds. The van der Waals surface area contributed by atoms with E-state index in [0.717, 1.165) is 11.1 Å². The number of carbonyl (C=O) groups is 1. The number of aromatic amines is 1. The first kappa shape index (κ1) is 27.1. The minimum absolute atomic E-state index is 0.197. The van der Waals surface area contributed by atoms with Crippen molar-refractivity contribution in [2.24, 2.45) is 5.92 Å². The molecular formula is C30H27FN8O3. The molecule has 5 heterocycles. The summed E-state index contributed by atoms with van der Waals surface area (Å²) >= 11 is 0. The number of rotatable bonds is 9. The van der Waals surface area contributed by atoms with Crippen LogP contribution in [0.25, 0.3) is 22.6 Å². The zero-order chi connectivity index (χ0) is 28.7.